The number of hydrogen-bond donors (Lipinski definition) is 2. The topological polar surface area (TPSA) is 95.6 Å². The molecule has 9 heteroatoms. The lowest BCUT2D eigenvalue weighted by Crippen LogP contribution is -2.42. The van der Waals surface area contributed by atoms with Crippen LogP contribution in [0.25, 0.3) is 0 Å². The lowest BCUT2D eigenvalue weighted by Gasteiger charge is -2.18. The third-order valence-electron chi connectivity index (χ3n) is 4.44. The second-order valence-corrected chi connectivity index (χ2v) is 8.46. The van der Waals surface area contributed by atoms with E-state index < -0.39 is 34.2 Å². The van der Waals surface area contributed by atoms with Gasteiger partial charge in [-0.2, -0.15) is 0 Å². The van der Waals surface area contributed by atoms with Crippen molar-refractivity contribution in [1.82, 2.24) is 14.9 Å². The van der Waals surface area contributed by atoms with Gasteiger partial charge >= 0.3 is 0 Å². The van der Waals surface area contributed by atoms with E-state index in [9.17, 15) is 22.4 Å². The average Bonchev–Trinajstić information content (AvgIpc) is 2.68. The van der Waals surface area contributed by atoms with Gasteiger partial charge in [-0.3, -0.25) is 9.59 Å². The smallest absolute Gasteiger partial charge is 0.242 e. The number of rotatable bonds is 8. The molecule has 0 aliphatic rings. The van der Waals surface area contributed by atoms with E-state index >= 15 is 0 Å². The van der Waals surface area contributed by atoms with E-state index in [0.717, 1.165) is 11.1 Å². The van der Waals surface area contributed by atoms with E-state index in [4.69, 9.17) is 0 Å². The van der Waals surface area contributed by atoms with E-state index in [0.29, 0.717) is 5.56 Å². The van der Waals surface area contributed by atoms with Crippen LogP contribution in [0.1, 0.15) is 16.7 Å². The highest BCUT2D eigenvalue weighted by Crippen LogP contribution is 2.14. The van der Waals surface area contributed by atoms with Crippen LogP contribution in [0.3, 0.4) is 0 Å². The van der Waals surface area contributed by atoms with Gasteiger partial charge in [-0.25, -0.2) is 17.5 Å². The fourth-order valence-electron chi connectivity index (χ4n) is 2.47. The van der Waals surface area contributed by atoms with Crippen molar-refractivity contribution in [3.05, 3.63) is 65.0 Å². The van der Waals surface area contributed by atoms with Crippen molar-refractivity contribution in [3.63, 3.8) is 0 Å². The predicted octanol–water partition coefficient (Wildman–Crippen LogP) is 1.50. The number of benzene rings is 2. The maximum absolute atomic E-state index is 13.7. The summed E-state index contributed by atoms with van der Waals surface area (Å²) >= 11 is 0. The summed E-state index contributed by atoms with van der Waals surface area (Å²) in [6, 6.07) is 10.8. The first kappa shape index (κ1) is 22.5. The van der Waals surface area contributed by atoms with Crippen molar-refractivity contribution in [3.8, 4) is 0 Å². The number of nitrogens with one attached hydrogen (secondary N) is 2. The second-order valence-electron chi connectivity index (χ2n) is 6.69. The fourth-order valence-corrected chi connectivity index (χ4v) is 3.53. The molecule has 2 N–H and O–H groups in total. The number of sulfonamides is 1. The van der Waals surface area contributed by atoms with Crippen molar-refractivity contribution >= 4 is 21.8 Å². The van der Waals surface area contributed by atoms with Crippen LogP contribution in [-0.2, 0) is 26.2 Å². The molecular formula is C20H24FN3O4S. The Balaban J connectivity index is 1.83. The molecule has 0 aromatic heterocycles. The van der Waals surface area contributed by atoms with Gasteiger partial charge in [0.15, 0.2) is 0 Å². The first-order valence-electron chi connectivity index (χ1n) is 8.91. The molecule has 29 heavy (non-hydrogen) atoms. The minimum Gasteiger partial charge on any atom is -0.346 e. The molecule has 0 radical (unpaired) electrons. The van der Waals surface area contributed by atoms with Crippen molar-refractivity contribution in [2.75, 3.05) is 20.1 Å². The Hall–Kier alpha value is -2.78. The maximum atomic E-state index is 13.7. The van der Waals surface area contributed by atoms with Crippen molar-refractivity contribution in [2.24, 2.45) is 0 Å². The van der Waals surface area contributed by atoms with Gasteiger partial charge in [-0.05, 0) is 43.2 Å². The summed E-state index contributed by atoms with van der Waals surface area (Å²) in [7, 11) is -2.35. The van der Waals surface area contributed by atoms with E-state index in [1.807, 2.05) is 6.92 Å². The molecule has 0 atom stereocenters. The number of carbonyl (C=O) groups excluding carboxylic acids is 2. The first-order valence-corrected chi connectivity index (χ1v) is 10.4. The van der Waals surface area contributed by atoms with E-state index in [1.165, 1.54) is 30.1 Å². The Morgan fingerprint density at radius 2 is 1.72 bits per heavy atom. The van der Waals surface area contributed by atoms with Crippen LogP contribution in [0.5, 0.6) is 0 Å². The van der Waals surface area contributed by atoms with Gasteiger partial charge in [-0.15, -0.1) is 0 Å². The second kappa shape index (κ2) is 9.62. The molecule has 0 saturated carbocycles. The molecule has 2 rings (SSSR count). The summed E-state index contributed by atoms with van der Waals surface area (Å²) in [6.07, 6.45) is 0. The molecule has 2 amide bonds. The molecule has 0 bridgehead atoms. The molecule has 0 fully saturated rings. The molecule has 156 valence electrons. The molecule has 2 aromatic carbocycles. The van der Waals surface area contributed by atoms with Gasteiger partial charge in [-0.1, -0.05) is 24.3 Å². The summed E-state index contributed by atoms with van der Waals surface area (Å²) in [5.41, 5.74) is 2.14. The van der Waals surface area contributed by atoms with E-state index in [-0.39, 0.29) is 18.0 Å². The summed E-state index contributed by atoms with van der Waals surface area (Å²) in [5.74, 6) is -1.50. The number of hydrogen-bond acceptors (Lipinski definition) is 4. The van der Waals surface area contributed by atoms with Crippen molar-refractivity contribution in [1.29, 1.82) is 0 Å². The van der Waals surface area contributed by atoms with Gasteiger partial charge < -0.3 is 10.2 Å². The van der Waals surface area contributed by atoms with Crippen LogP contribution < -0.4 is 10.0 Å². The molecule has 0 aliphatic carbocycles. The van der Waals surface area contributed by atoms with Crippen molar-refractivity contribution < 1.29 is 22.4 Å². The first-order chi connectivity index (χ1) is 13.6. The number of halogens is 1. The summed E-state index contributed by atoms with van der Waals surface area (Å²) in [4.78, 5) is 25.4. The largest absolute Gasteiger partial charge is 0.346 e. The summed E-state index contributed by atoms with van der Waals surface area (Å²) < 4.78 is 40.4. The van der Waals surface area contributed by atoms with Crippen LogP contribution in [-0.4, -0.2) is 45.3 Å². The Labute approximate surface area is 170 Å². The molecule has 0 heterocycles. The van der Waals surface area contributed by atoms with Crippen LogP contribution >= 0.6 is 0 Å². The fraction of sp³-hybridized carbons (Fsp3) is 0.300. The Morgan fingerprint density at radius 3 is 2.38 bits per heavy atom. The highest BCUT2D eigenvalue weighted by molar-refractivity contribution is 7.89. The number of likely N-dealkylation sites (N-methyl/N-ethyl adjacent to an activating group) is 1. The van der Waals surface area contributed by atoms with Crippen LogP contribution in [0.2, 0.25) is 0 Å². The molecular weight excluding hydrogens is 397 g/mol. The highest BCUT2D eigenvalue weighted by Gasteiger charge is 2.17. The molecule has 7 nitrogen and oxygen atoms in total. The lowest BCUT2D eigenvalue weighted by molar-refractivity contribution is -0.132. The van der Waals surface area contributed by atoms with Crippen molar-refractivity contribution in [2.45, 2.75) is 25.3 Å². The normalized spacial score (nSPS) is 11.2. The monoisotopic (exact) mass is 421 g/mol. The lowest BCUT2D eigenvalue weighted by atomic mass is 10.1. The van der Waals surface area contributed by atoms with E-state index in [1.54, 1.807) is 31.2 Å². The Bertz CT molecular complexity index is 1010. The quantitative estimate of drug-likeness (QED) is 0.675. The van der Waals surface area contributed by atoms with Crippen LogP contribution in [0.4, 0.5) is 4.39 Å². The summed E-state index contributed by atoms with van der Waals surface area (Å²) in [5, 5.41) is 2.36. The molecule has 0 unspecified atom stereocenters. The number of carbonyl (C=O) groups is 2. The molecule has 0 spiro atoms. The van der Waals surface area contributed by atoms with Gasteiger partial charge in [0, 0.05) is 19.2 Å². The minimum atomic E-state index is -3.84. The Kier molecular flexibility index (Phi) is 7.46. The molecule has 0 saturated heterocycles. The van der Waals surface area contributed by atoms with Gasteiger partial charge in [0.25, 0.3) is 0 Å². The highest BCUT2D eigenvalue weighted by atomic mass is 32.2. The van der Waals surface area contributed by atoms with Gasteiger partial charge in [0.05, 0.1) is 18.0 Å². The van der Waals surface area contributed by atoms with Crippen LogP contribution in [0.15, 0.2) is 47.4 Å². The third kappa shape index (κ3) is 6.37. The molecule has 2 aromatic rings. The standard InChI is InChI=1S/C20H24FN3O4S/c1-14-8-9-17(10-15(14)2)29(27,28)23-11-19(25)22-12-20(26)24(3)13-16-6-4-5-7-18(16)21/h4-10,23H,11-13H2,1-3H3,(H,22,25). The zero-order chi connectivity index (χ0) is 21.6. The summed E-state index contributed by atoms with van der Waals surface area (Å²) in [6.45, 7) is 2.90. The zero-order valence-corrected chi connectivity index (χ0v) is 17.3. The van der Waals surface area contributed by atoms with Gasteiger partial charge in [0.2, 0.25) is 21.8 Å². The van der Waals surface area contributed by atoms with E-state index in [2.05, 4.69) is 10.0 Å². The zero-order valence-electron chi connectivity index (χ0n) is 16.5. The predicted molar refractivity (Wildman–Crippen MR) is 107 cm³/mol. The maximum Gasteiger partial charge on any atom is 0.242 e. The van der Waals surface area contributed by atoms with Gasteiger partial charge in [0.1, 0.15) is 5.82 Å². The number of nitrogens with zero attached hydrogens (tertiary/aromatic N) is 1. The third-order valence-corrected chi connectivity index (χ3v) is 5.84. The Morgan fingerprint density at radius 1 is 1.03 bits per heavy atom. The number of aryl methyl sites for hydroxylation is 2. The minimum absolute atomic E-state index is 0.0563. The molecule has 0 aliphatic heterocycles. The number of amides is 2. The SMILES string of the molecule is Cc1ccc(S(=O)(=O)NCC(=O)NCC(=O)N(C)Cc2ccccc2F)cc1C. The van der Waals surface area contributed by atoms with Crippen LogP contribution in [0, 0.1) is 19.7 Å². The average molecular weight is 421 g/mol.